The lowest BCUT2D eigenvalue weighted by atomic mass is 9.93. The number of likely N-dealkylation sites (tertiary alicyclic amines) is 1. The van der Waals surface area contributed by atoms with Crippen LogP contribution in [0.5, 0.6) is 5.75 Å². The van der Waals surface area contributed by atoms with E-state index in [9.17, 15) is 9.59 Å². The first-order chi connectivity index (χ1) is 10.6. The molecule has 0 bridgehead atoms. The third-order valence-electron chi connectivity index (χ3n) is 4.09. The predicted octanol–water partition coefficient (Wildman–Crippen LogP) is 1.98. The van der Waals surface area contributed by atoms with Gasteiger partial charge in [-0.3, -0.25) is 9.59 Å². The summed E-state index contributed by atoms with van der Waals surface area (Å²) >= 11 is 0. The second kappa shape index (κ2) is 5.67. The van der Waals surface area contributed by atoms with Crippen LogP contribution in [0.1, 0.15) is 28.4 Å². The molecule has 1 fully saturated rings. The van der Waals surface area contributed by atoms with Crippen LogP contribution >= 0.6 is 0 Å². The SMILES string of the molecule is COc1cccc([C@H]2CCN2C(=O)c2ccc(=O)n(C)c2)c1. The summed E-state index contributed by atoms with van der Waals surface area (Å²) in [6.07, 6.45) is 2.52. The van der Waals surface area contributed by atoms with Crippen molar-refractivity contribution in [1.82, 2.24) is 9.47 Å². The highest BCUT2D eigenvalue weighted by Gasteiger charge is 2.34. The van der Waals surface area contributed by atoms with E-state index in [4.69, 9.17) is 4.74 Å². The van der Waals surface area contributed by atoms with Crippen LogP contribution in [0.4, 0.5) is 0 Å². The minimum Gasteiger partial charge on any atom is -0.497 e. The number of benzene rings is 1. The quantitative estimate of drug-likeness (QED) is 0.870. The average Bonchev–Trinajstić information content (AvgIpc) is 2.49. The summed E-state index contributed by atoms with van der Waals surface area (Å²) in [5, 5.41) is 0. The molecule has 5 nitrogen and oxygen atoms in total. The van der Waals surface area contributed by atoms with Crippen molar-refractivity contribution < 1.29 is 9.53 Å². The Morgan fingerprint density at radius 2 is 2.09 bits per heavy atom. The summed E-state index contributed by atoms with van der Waals surface area (Å²) in [4.78, 5) is 25.9. The molecule has 0 spiro atoms. The van der Waals surface area contributed by atoms with Crippen molar-refractivity contribution in [3.63, 3.8) is 0 Å². The number of pyridine rings is 1. The lowest BCUT2D eigenvalue weighted by Gasteiger charge is -2.41. The molecule has 1 atom stereocenters. The van der Waals surface area contributed by atoms with Crippen molar-refractivity contribution in [3.05, 3.63) is 64.1 Å². The molecule has 5 heteroatoms. The molecular weight excluding hydrogens is 280 g/mol. The summed E-state index contributed by atoms with van der Waals surface area (Å²) < 4.78 is 6.67. The van der Waals surface area contributed by atoms with Crippen molar-refractivity contribution in [2.75, 3.05) is 13.7 Å². The van der Waals surface area contributed by atoms with Crippen LogP contribution < -0.4 is 10.3 Å². The summed E-state index contributed by atoms with van der Waals surface area (Å²) in [7, 11) is 3.28. The van der Waals surface area contributed by atoms with E-state index in [-0.39, 0.29) is 17.5 Å². The zero-order valence-corrected chi connectivity index (χ0v) is 12.7. The monoisotopic (exact) mass is 298 g/mol. The van der Waals surface area contributed by atoms with E-state index in [2.05, 4.69) is 0 Å². The predicted molar refractivity (Wildman–Crippen MR) is 83.1 cm³/mol. The summed E-state index contributed by atoms with van der Waals surface area (Å²) in [6, 6.07) is 10.9. The van der Waals surface area contributed by atoms with Gasteiger partial charge in [-0.15, -0.1) is 0 Å². The third-order valence-corrected chi connectivity index (χ3v) is 4.09. The molecule has 1 aliphatic rings. The zero-order chi connectivity index (χ0) is 15.7. The first kappa shape index (κ1) is 14.4. The lowest BCUT2D eigenvalue weighted by molar-refractivity contribution is 0.0459. The summed E-state index contributed by atoms with van der Waals surface area (Å²) in [5.74, 6) is 0.744. The fourth-order valence-electron chi connectivity index (χ4n) is 2.71. The number of hydrogen-bond acceptors (Lipinski definition) is 3. The van der Waals surface area contributed by atoms with Crippen molar-refractivity contribution in [1.29, 1.82) is 0 Å². The number of methoxy groups -OCH3 is 1. The molecule has 1 aromatic heterocycles. The van der Waals surface area contributed by atoms with Gasteiger partial charge in [0.05, 0.1) is 18.7 Å². The normalized spacial score (nSPS) is 17.0. The van der Waals surface area contributed by atoms with Crippen LogP contribution in [0.25, 0.3) is 0 Å². The summed E-state index contributed by atoms with van der Waals surface area (Å²) in [6.45, 7) is 0.726. The standard InChI is InChI=1S/C17H18N2O3/c1-18-11-13(6-7-16(18)20)17(21)19-9-8-15(19)12-4-3-5-14(10-12)22-2/h3-7,10-11,15H,8-9H2,1-2H3/t15-/m1/s1. The molecule has 1 saturated heterocycles. The number of carbonyl (C=O) groups excluding carboxylic acids is 1. The van der Waals surface area contributed by atoms with Gasteiger partial charge >= 0.3 is 0 Å². The molecule has 3 rings (SSSR count). The van der Waals surface area contributed by atoms with Crippen molar-refractivity contribution in [3.8, 4) is 5.75 Å². The second-order valence-electron chi connectivity index (χ2n) is 5.45. The van der Waals surface area contributed by atoms with Crippen LogP contribution in [0.15, 0.2) is 47.4 Å². The van der Waals surface area contributed by atoms with Gasteiger partial charge in [0.15, 0.2) is 0 Å². The molecule has 114 valence electrons. The topological polar surface area (TPSA) is 51.5 Å². The molecule has 0 saturated carbocycles. The molecule has 2 heterocycles. The van der Waals surface area contributed by atoms with E-state index in [0.717, 1.165) is 24.3 Å². The molecule has 0 unspecified atom stereocenters. The summed E-state index contributed by atoms with van der Waals surface area (Å²) in [5.41, 5.74) is 1.49. The Bertz CT molecular complexity index is 766. The van der Waals surface area contributed by atoms with E-state index in [1.165, 1.54) is 10.6 Å². The maximum absolute atomic E-state index is 12.6. The van der Waals surface area contributed by atoms with Gasteiger partial charge in [0.1, 0.15) is 5.75 Å². The minimum atomic E-state index is -0.121. The van der Waals surface area contributed by atoms with Gasteiger partial charge in [-0.25, -0.2) is 0 Å². The zero-order valence-electron chi connectivity index (χ0n) is 12.7. The van der Waals surface area contributed by atoms with Crippen LogP contribution in [0, 0.1) is 0 Å². The van der Waals surface area contributed by atoms with Gasteiger partial charge in [0, 0.05) is 25.9 Å². The van der Waals surface area contributed by atoms with Gasteiger partial charge in [0.2, 0.25) is 5.56 Å². The molecule has 2 aromatic rings. The third kappa shape index (κ3) is 2.50. The van der Waals surface area contributed by atoms with Gasteiger partial charge in [-0.2, -0.15) is 0 Å². The molecule has 0 aliphatic carbocycles. The molecule has 0 N–H and O–H groups in total. The van der Waals surface area contributed by atoms with Crippen LogP contribution in [0.2, 0.25) is 0 Å². The number of nitrogens with zero attached hydrogens (tertiary/aromatic N) is 2. The Labute approximate surface area is 128 Å². The minimum absolute atomic E-state index is 0.0466. The number of carbonyl (C=O) groups is 1. The van der Waals surface area contributed by atoms with E-state index in [0.29, 0.717) is 5.56 Å². The second-order valence-corrected chi connectivity index (χ2v) is 5.45. The highest BCUT2D eigenvalue weighted by molar-refractivity contribution is 5.94. The van der Waals surface area contributed by atoms with Crippen molar-refractivity contribution in [2.45, 2.75) is 12.5 Å². The van der Waals surface area contributed by atoms with Gasteiger partial charge in [0.25, 0.3) is 5.91 Å². The number of ether oxygens (including phenoxy) is 1. The van der Waals surface area contributed by atoms with Crippen LogP contribution in [-0.4, -0.2) is 29.0 Å². The molecule has 1 amide bonds. The van der Waals surface area contributed by atoms with E-state index >= 15 is 0 Å². The Balaban J connectivity index is 1.84. The first-order valence-electron chi connectivity index (χ1n) is 7.22. The number of rotatable bonds is 3. The molecule has 0 radical (unpaired) electrons. The van der Waals surface area contributed by atoms with Crippen molar-refractivity contribution >= 4 is 5.91 Å². The Hall–Kier alpha value is -2.56. The van der Waals surface area contributed by atoms with Gasteiger partial charge < -0.3 is 14.2 Å². The van der Waals surface area contributed by atoms with E-state index in [1.807, 2.05) is 29.2 Å². The fraction of sp³-hybridized carbons (Fsp3) is 0.294. The number of hydrogen-bond donors (Lipinski definition) is 0. The number of aromatic nitrogens is 1. The molecule has 1 aromatic carbocycles. The number of aryl methyl sites for hydroxylation is 1. The van der Waals surface area contributed by atoms with Crippen LogP contribution in [0.3, 0.4) is 0 Å². The maximum Gasteiger partial charge on any atom is 0.255 e. The Morgan fingerprint density at radius 1 is 1.27 bits per heavy atom. The fourth-order valence-corrected chi connectivity index (χ4v) is 2.71. The van der Waals surface area contributed by atoms with Gasteiger partial charge in [-0.05, 0) is 30.2 Å². The largest absolute Gasteiger partial charge is 0.497 e. The van der Waals surface area contributed by atoms with Crippen LogP contribution in [-0.2, 0) is 7.05 Å². The smallest absolute Gasteiger partial charge is 0.255 e. The maximum atomic E-state index is 12.6. The molecular formula is C17H18N2O3. The van der Waals surface area contributed by atoms with E-state index in [1.54, 1.807) is 26.4 Å². The number of amides is 1. The Morgan fingerprint density at radius 3 is 2.73 bits per heavy atom. The first-order valence-corrected chi connectivity index (χ1v) is 7.22. The lowest BCUT2D eigenvalue weighted by Crippen LogP contribution is -2.45. The average molecular weight is 298 g/mol. The van der Waals surface area contributed by atoms with Gasteiger partial charge in [-0.1, -0.05) is 12.1 Å². The molecule has 22 heavy (non-hydrogen) atoms. The highest BCUT2D eigenvalue weighted by Crippen LogP contribution is 2.35. The highest BCUT2D eigenvalue weighted by atomic mass is 16.5. The van der Waals surface area contributed by atoms with Crippen molar-refractivity contribution in [2.24, 2.45) is 7.05 Å². The van der Waals surface area contributed by atoms with E-state index < -0.39 is 0 Å². The molecule has 1 aliphatic heterocycles. The Kier molecular flexibility index (Phi) is 3.71.